The molecule has 2 N–H and O–H groups in total. The number of nitrogens with one attached hydrogen (secondary N) is 1. The lowest BCUT2D eigenvalue weighted by atomic mass is 10.0. The molecule has 1 aliphatic carbocycles. The van der Waals surface area contributed by atoms with E-state index >= 15 is 0 Å². The maximum atomic E-state index is 12.0. The summed E-state index contributed by atoms with van der Waals surface area (Å²) in [4.78, 5) is 12.0. The average Bonchev–Trinajstić information content (AvgIpc) is 2.92. The van der Waals surface area contributed by atoms with Gasteiger partial charge in [0.15, 0.2) is 0 Å². The van der Waals surface area contributed by atoms with Crippen molar-refractivity contribution in [2.45, 2.75) is 31.9 Å². The Hall–Kier alpha value is -1.03. The van der Waals surface area contributed by atoms with Crippen molar-refractivity contribution < 1.29 is 9.90 Å². The Balaban J connectivity index is 2.05. The zero-order valence-electron chi connectivity index (χ0n) is 11.1. The zero-order valence-corrected chi connectivity index (χ0v) is 12.7. The third kappa shape index (κ3) is 3.35. The number of carbonyl (C=O) groups is 1. The van der Waals surface area contributed by atoms with Crippen molar-refractivity contribution in [2.75, 3.05) is 0 Å². The molecular formula is C15H17Cl2NO2. The van der Waals surface area contributed by atoms with E-state index in [-0.39, 0.29) is 11.8 Å². The minimum absolute atomic E-state index is 0.0358. The van der Waals surface area contributed by atoms with Crippen molar-refractivity contribution in [3.8, 4) is 0 Å². The second-order valence-corrected chi connectivity index (χ2v) is 5.83. The van der Waals surface area contributed by atoms with E-state index in [0.29, 0.717) is 15.6 Å². The van der Waals surface area contributed by atoms with Crippen LogP contribution in [0.15, 0.2) is 30.4 Å². The quantitative estimate of drug-likeness (QED) is 0.836. The first-order valence-corrected chi connectivity index (χ1v) is 7.33. The second-order valence-electron chi connectivity index (χ2n) is 5.02. The predicted octanol–water partition coefficient (Wildman–Crippen LogP) is 3.50. The van der Waals surface area contributed by atoms with Gasteiger partial charge >= 0.3 is 0 Å². The van der Waals surface area contributed by atoms with E-state index in [2.05, 4.69) is 5.32 Å². The highest BCUT2D eigenvalue weighted by molar-refractivity contribution is 6.36. The Kier molecular flexibility index (Phi) is 5.08. The Morgan fingerprint density at radius 3 is 2.40 bits per heavy atom. The van der Waals surface area contributed by atoms with E-state index in [9.17, 15) is 9.90 Å². The van der Waals surface area contributed by atoms with Crippen LogP contribution in [-0.2, 0) is 4.79 Å². The van der Waals surface area contributed by atoms with E-state index in [1.807, 2.05) is 12.2 Å². The van der Waals surface area contributed by atoms with Crippen molar-refractivity contribution in [1.82, 2.24) is 5.32 Å². The summed E-state index contributed by atoms with van der Waals surface area (Å²) in [5.74, 6) is -0.0870. The molecular weight excluding hydrogens is 297 g/mol. The molecule has 0 radical (unpaired) electrons. The minimum atomic E-state index is -0.936. The van der Waals surface area contributed by atoms with Crippen LogP contribution in [0.5, 0.6) is 0 Å². The molecule has 1 aromatic rings. The summed E-state index contributed by atoms with van der Waals surface area (Å²) in [6.07, 6.45) is 4.56. The highest BCUT2D eigenvalue weighted by atomic mass is 35.5. The smallest absolute Gasteiger partial charge is 0.224 e. The molecule has 0 bridgehead atoms. The monoisotopic (exact) mass is 313 g/mol. The van der Waals surface area contributed by atoms with Crippen molar-refractivity contribution in [3.63, 3.8) is 0 Å². The highest BCUT2D eigenvalue weighted by Crippen LogP contribution is 2.32. The normalized spacial score (nSPS) is 18.0. The topological polar surface area (TPSA) is 49.3 Å². The number of hydrogen-bond acceptors (Lipinski definition) is 2. The fraction of sp³-hybridized carbons (Fsp3) is 0.400. The molecule has 0 aliphatic heterocycles. The van der Waals surface area contributed by atoms with Gasteiger partial charge in [0.2, 0.25) is 5.91 Å². The molecule has 0 fully saturated rings. The number of carbonyl (C=O) groups excluding carboxylic acids is 1. The van der Waals surface area contributed by atoms with Crippen LogP contribution in [0.25, 0.3) is 0 Å². The number of aliphatic hydroxyl groups excluding tert-OH is 1. The summed E-state index contributed by atoms with van der Waals surface area (Å²) in [7, 11) is 0. The van der Waals surface area contributed by atoms with Gasteiger partial charge in [-0.15, -0.1) is 0 Å². The molecule has 20 heavy (non-hydrogen) atoms. The molecule has 0 aromatic heterocycles. The van der Waals surface area contributed by atoms with Crippen LogP contribution in [0.4, 0.5) is 0 Å². The molecule has 0 saturated carbocycles. The maximum Gasteiger partial charge on any atom is 0.224 e. The number of halogens is 2. The molecule has 1 aromatic carbocycles. The van der Waals surface area contributed by atoms with Crippen molar-refractivity contribution in [3.05, 3.63) is 46.0 Å². The molecule has 2 unspecified atom stereocenters. The van der Waals surface area contributed by atoms with Crippen molar-refractivity contribution >= 4 is 29.1 Å². The van der Waals surface area contributed by atoms with E-state index in [0.717, 1.165) is 12.8 Å². The molecule has 2 rings (SSSR count). The molecule has 0 spiro atoms. The first-order valence-electron chi connectivity index (χ1n) is 6.58. The van der Waals surface area contributed by atoms with Gasteiger partial charge in [0.1, 0.15) is 6.10 Å². The fourth-order valence-corrected chi connectivity index (χ4v) is 2.92. The van der Waals surface area contributed by atoms with Gasteiger partial charge in [-0.3, -0.25) is 4.79 Å². The third-order valence-corrected chi connectivity index (χ3v) is 4.18. The Labute approximate surface area is 128 Å². The summed E-state index contributed by atoms with van der Waals surface area (Å²) in [5.41, 5.74) is 0.452. The molecule has 108 valence electrons. The molecule has 0 saturated heterocycles. The van der Waals surface area contributed by atoms with E-state index < -0.39 is 12.1 Å². The van der Waals surface area contributed by atoms with Gasteiger partial charge in [0.25, 0.3) is 0 Å². The lowest BCUT2D eigenvalue weighted by Crippen LogP contribution is -2.40. The standard InChI is InChI=1S/C15H17Cl2NO2/c1-9(18-15(20)10-5-2-3-6-10)14(19)13-11(16)7-4-8-12(13)17/h2-4,7-10,14,19H,5-6H2,1H3,(H,18,20). The predicted molar refractivity (Wildman–Crippen MR) is 80.9 cm³/mol. The van der Waals surface area contributed by atoms with Gasteiger partial charge in [0, 0.05) is 21.5 Å². The molecule has 2 atom stereocenters. The SMILES string of the molecule is CC(NC(=O)C1CC=CC1)C(O)c1c(Cl)cccc1Cl. The fourth-order valence-electron chi connectivity index (χ4n) is 2.30. The Morgan fingerprint density at radius 2 is 1.85 bits per heavy atom. The Morgan fingerprint density at radius 1 is 1.30 bits per heavy atom. The van der Waals surface area contributed by atoms with Crippen LogP contribution < -0.4 is 5.32 Å². The van der Waals surface area contributed by atoms with E-state index in [4.69, 9.17) is 23.2 Å². The number of allylic oxidation sites excluding steroid dienone is 2. The first-order chi connectivity index (χ1) is 9.50. The molecule has 1 aliphatic rings. The molecule has 3 nitrogen and oxygen atoms in total. The van der Waals surface area contributed by atoms with E-state index in [1.54, 1.807) is 25.1 Å². The summed E-state index contributed by atoms with van der Waals surface area (Å²) < 4.78 is 0. The summed E-state index contributed by atoms with van der Waals surface area (Å²) in [6.45, 7) is 1.74. The van der Waals surface area contributed by atoms with Crippen LogP contribution in [0, 0.1) is 5.92 Å². The largest absolute Gasteiger partial charge is 0.386 e. The number of amides is 1. The third-order valence-electron chi connectivity index (χ3n) is 3.52. The molecule has 5 heteroatoms. The number of rotatable bonds is 4. The molecule has 0 heterocycles. The maximum absolute atomic E-state index is 12.0. The van der Waals surface area contributed by atoms with Gasteiger partial charge in [-0.2, -0.15) is 0 Å². The van der Waals surface area contributed by atoms with Crippen molar-refractivity contribution in [2.24, 2.45) is 5.92 Å². The van der Waals surface area contributed by atoms with Crippen LogP contribution in [0.3, 0.4) is 0 Å². The highest BCUT2D eigenvalue weighted by Gasteiger charge is 2.26. The second kappa shape index (κ2) is 6.61. The minimum Gasteiger partial charge on any atom is -0.386 e. The summed E-state index contributed by atoms with van der Waals surface area (Å²) in [5, 5.41) is 14.0. The van der Waals surface area contributed by atoms with Crippen LogP contribution >= 0.6 is 23.2 Å². The Bertz CT molecular complexity index is 502. The lowest BCUT2D eigenvalue weighted by molar-refractivity contribution is -0.126. The van der Waals surface area contributed by atoms with Gasteiger partial charge in [0.05, 0.1) is 6.04 Å². The number of benzene rings is 1. The van der Waals surface area contributed by atoms with Crippen molar-refractivity contribution in [1.29, 1.82) is 0 Å². The van der Waals surface area contributed by atoms with Crippen LogP contribution in [-0.4, -0.2) is 17.1 Å². The summed E-state index contributed by atoms with van der Waals surface area (Å²) >= 11 is 12.1. The first kappa shape index (κ1) is 15.4. The van der Waals surface area contributed by atoms with Crippen LogP contribution in [0.1, 0.15) is 31.4 Å². The van der Waals surface area contributed by atoms with E-state index in [1.165, 1.54) is 0 Å². The van der Waals surface area contributed by atoms with Crippen LogP contribution in [0.2, 0.25) is 10.0 Å². The lowest BCUT2D eigenvalue weighted by Gasteiger charge is -2.23. The zero-order chi connectivity index (χ0) is 14.7. The van der Waals surface area contributed by atoms with Gasteiger partial charge < -0.3 is 10.4 Å². The average molecular weight is 314 g/mol. The van der Waals surface area contributed by atoms with Gasteiger partial charge in [-0.1, -0.05) is 41.4 Å². The van der Waals surface area contributed by atoms with Gasteiger partial charge in [-0.25, -0.2) is 0 Å². The summed E-state index contributed by atoms with van der Waals surface area (Å²) in [6, 6.07) is 4.59. The molecule has 1 amide bonds. The number of aliphatic hydroxyl groups is 1. The number of hydrogen-bond donors (Lipinski definition) is 2. The van der Waals surface area contributed by atoms with Gasteiger partial charge in [-0.05, 0) is 31.9 Å².